The monoisotopic (exact) mass is 512 g/mol. The Bertz CT molecular complexity index is 1450. The highest BCUT2D eigenvalue weighted by Gasteiger charge is 2.29. The van der Waals surface area contributed by atoms with E-state index in [0.29, 0.717) is 16.9 Å². The molecule has 1 saturated heterocycles. The highest BCUT2D eigenvalue weighted by Crippen LogP contribution is 2.33. The third-order valence-corrected chi connectivity index (χ3v) is 10.0. The molecule has 1 aliphatic carbocycles. The maximum absolute atomic E-state index is 12.5. The number of pyridine rings is 1. The van der Waals surface area contributed by atoms with E-state index in [1.54, 1.807) is 0 Å². The van der Waals surface area contributed by atoms with Crippen LogP contribution in [0.15, 0.2) is 59.6 Å². The molecule has 6 nitrogen and oxygen atoms in total. The van der Waals surface area contributed by atoms with Crippen LogP contribution in [0, 0.1) is 0 Å². The van der Waals surface area contributed by atoms with Gasteiger partial charge in [0.2, 0.25) is 0 Å². The zero-order chi connectivity index (χ0) is 24.8. The lowest BCUT2D eigenvalue weighted by Gasteiger charge is -2.33. The van der Waals surface area contributed by atoms with Crippen molar-refractivity contribution in [2.75, 3.05) is 26.3 Å². The van der Waals surface area contributed by atoms with Gasteiger partial charge in [-0.15, -0.1) is 0 Å². The number of nitrogens with one attached hydrogen (secondary N) is 1. The molecule has 1 N–H and O–H groups in total. The number of hydrogen-bond donors (Lipinski definition) is 1. The summed E-state index contributed by atoms with van der Waals surface area (Å²) in [5.74, 6) is 0. The Morgan fingerprint density at radius 2 is 1.62 bits per heavy atom. The summed E-state index contributed by atoms with van der Waals surface area (Å²) in [5.41, 5.74) is 7.94. The molecule has 7 heteroatoms. The Kier molecular flexibility index (Phi) is 6.15. The molecule has 4 heterocycles. The standard InChI is InChI=1S/C30H32N4O2S/c35-37(27-7-8-27)26-5-3-21(4-6-26)29-28-18-24(19-31-30(28)33-32-29)22-2-1-20-9-13-34(14-10-23(20)17-22)25-11-15-36-16-12-25/h1-6,17-19,25,27H,7-16H2,(H,31,32,33). The van der Waals surface area contributed by atoms with Crippen molar-refractivity contribution in [2.24, 2.45) is 0 Å². The highest BCUT2D eigenvalue weighted by atomic mass is 32.2. The summed E-state index contributed by atoms with van der Waals surface area (Å²) in [4.78, 5) is 8.26. The molecule has 1 unspecified atom stereocenters. The Balaban J connectivity index is 1.15. The van der Waals surface area contributed by atoms with Crippen molar-refractivity contribution >= 4 is 21.8 Å². The lowest BCUT2D eigenvalue weighted by atomic mass is 9.96. The predicted molar refractivity (Wildman–Crippen MR) is 147 cm³/mol. The van der Waals surface area contributed by atoms with Gasteiger partial charge in [-0.25, -0.2) is 4.98 Å². The van der Waals surface area contributed by atoms with E-state index in [0.717, 1.165) is 91.9 Å². The van der Waals surface area contributed by atoms with E-state index >= 15 is 0 Å². The largest absolute Gasteiger partial charge is 0.381 e. The first-order chi connectivity index (χ1) is 18.2. The van der Waals surface area contributed by atoms with Gasteiger partial charge in [0.05, 0.1) is 16.5 Å². The number of nitrogens with zero attached hydrogens (tertiary/aromatic N) is 3. The van der Waals surface area contributed by atoms with Crippen LogP contribution in [0.2, 0.25) is 0 Å². The van der Waals surface area contributed by atoms with E-state index in [4.69, 9.17) is 4.74 Å². The number of benzene rings is 2. The van der Waals surface area contributed by atoms with Crippen molar-refractivity contribution in [3.63, 3.8) is 0 Å². The molecule has 1 atom stereocenters. The van der Waals surface area contributed by atoms with Crippen molar-refractivity contribution < 1.29 is 8.95 Å². The minimum absolute atomic E-state index is 0.344. The van der Waals surface area contributed by atoms with Crippen LogP contribution in [0.3, 0.4) is 0 Å². The van der Waals surface area contributed by atoms with E-state index in [1.165, 1.54) is 16.7 Å². The van der Waals surface area contributed by atoms with Crippen LogP contribution in [0.4, 0.5) is 0 Å². The third-order valence-electron chi connectivity index (χ3n) is 8.20. The summed E-state index contributed by atoms with van der Waals surface area (Å²) in [6.45, 7) is 4.05. The number of ether oxygens (including phenoxy) is 1. The maximum Gasteiger partial charge on any atom is 0.181 e. The zero-order valence-corrected chi connectivity index (χ0v) is 21.8. The summed E-state index contributed by atoms with van der Waals surface area (Å²) in [7, 11) is -0.888. The van der Waals surface area contributed by atoms with E-state index in [-0.39, 0.29) is 0 Å². The number of aromatic amines is 1. The smallest absolute Gasteiger partial charge is 0.181 e. The Hall–Kier alpha value is -2.87. The molecule has 0 amide bonds. The normalized spacial score (nSPS) is 20.0. The average Bonchev–Trinajstić information content (AvgIpc) is 3.75. The molecular formula is C30H32N4O2S. The van der Waals surface area contributed by atoms with E-state index in [1.807, 2.05) is 30.5 Å². The van der Waals surface area contributed by atoms with Crippen molar-refractivity contribution in [1.29, 1.82) is 0 Å². The van der Waals surface area contributed by atoms with Gasteiger partial charge in [-0.05, 0) is 73.4 Å². The molecule has 2 aromatic carbocycles. The molecular weight excluding hydrogens is 480 g/mol. The molecule has 0 radical (unpaired) electrons. The second-order valence-electron chi connectivity index (χ2n) is 10.6. The second-order valence-corrected chi connectivity index (χ2v) is 12.3. The SMILES string of the molecule is O=S(c1ccc(-c2[nH]nc3ncc(-c4ccc5c(c4)CCN(C4CCOCC4)CC5)cc23)cc1)C1CC1. The van der Waals surface area contributed by atoms with Crippen molar-refractivity contribution in [3.05, 3.63) is 65.9 Å². The van der Waals surface area contributed by atoms with Gasteiger partial charge >= 0.3 is 0 Å². The van der Waals surface area contributed by atoms with E-state index < -0.39 is 10.8 Å². The fourth-order valence-corrected chi connectivity index (χ4v) is 7.20. The first kappa shape index (κ1) is 23.3. The fraction of sp³-hybridized carbons (Fsp3) is 0.400. The molecule has 4 aromatic rings. The summed E-state index contributed by atoms with van der Waals surface area (Å²) in [6, 6.07) is 17.9. The zero-order valence-electron chi connectivity index (χ0n) is 21.0. The Labute approximate surface area is 219 Å². The molecule has 0 bridgehead atoms. The maximum atomic E-state index is 12.5. The number of H-pyrrole nitrogens is 1. The predicted octanol–water partition coefficient (Wildman–Crippen LogP) is 5.14. The van der Waals surface area contributed by atoms with Crippen LogP contribution in [-0.4, -0.2) is 61.9 Å². The topological polar surface area (TPSA) is 71.1 Å². The van der Waals surface area contributed by atoms with Crippen LogP contribution >= 0.6 is 0 Å². The molecule has 2 aromatic heterocycles. The third kappa shape index (κ3) is 4.65. The van der Waals surface area contributed by atoms with Crippen LogP contribution in [-0.2, 0) is 28.4 Å². The van der Waals surface area contributed by atoms with Crippen LogP contribution in [0.25, 0.3) is 33.4 Å². The van der Waals surface area contributed by atoms with Crippen LogP contribution in [0.5, 0.6) is 0 Å². The Morgan fingerprint density at radius 1 is 0.865 bits per heavy atom. The van der Waals surface area contributed by atoms with Gasteiger partial charge in [0.25, 0.3) is 0 Å². The summed E-state index contributed by atoms with van der Waals surface area (Å²) in [5, 5.41) is 8.99. The minimum atomic E-state index is -0.888. The lowest BCUT2D eigenvalue weighted by Crippen LogP contribution is -2.40. The molecule has 7 rings (SSSR count). The van der Waals surface area contributed by atoms with Gasteiger partial charge < -0.3 is 4.74 Å². The Morgan fingerprint density at radius 3 is 2.41 bits per heavy atom. The molecule has 190 valence electrons. The molecule has 37 heavy (non-hydrogen) atoms. The molecule has 1 saturated carbocycles. The van der Waals surface area contributed by atoms with Gasteiger partial charge in [-0.3, -0.25) is 14.2 Å². The summed E-state index contributed by atoms with van der Waals surface area (Å²) >= 11 is 0. The van der Waals surface area contributed by atoms with Gasteiger partial charge in [0.1, 0.15) is 0 Å². The molecule has 0 spiro atoms. The number of rotatable bonds is 5. The van der Waals surface area contributed by atoms with Gasteiger partial charge in [0.15, 0.2) is 5.65 Å². The van der Waals surface area contributed by atoms with Crippen molar-refractivity contribution in [1.82, 2.24) is 20.1 Å². The van der Waals surface area contributed by atoms with E-state index in [2.05, 4.69) is 44.3 Å². The van der Waals surface area contributed by atoms with Crippen LogP contribution < -0.4 is 0 Å². The number of fused-ring (bicyclic) bond motifs is 2. The first-order valence-electron chi connectivity index (χ1n) is 13.5. The van der Waals surface area contributed by atoms with Gasteiger partial charge in [0, 0.05) is 65.2 Å². The molecule has 3 aliphatic rings. The van der Waals surface area contributed by atoms with Crippen molar-refractivity contribution in [3.8, 4) is 22.4 Å². The first-order valence-corrected chi connectivity index (χ1v) is 14.7. The van der Waals surface area contributed by atoms with Gasteiger partial charge in [-0.2, -0.15) is 5.10 Å². The lowest BCUT2D eigenvalue weighted by molar-refractivity contribution is 0.0355. The molecule has 2 fully saturated rings. The number of aromatic nitrogens is 3. The fourth-order valence-electron chi connectivity index (χ4n) is 5.85. The second kappa shape index (κ2) is 9.78. The van der Waals surface area contributed by atoms with E-state index in [9.17, 15) is 4.21 Å². The van der Waals surface area contributed by atoms with Crippen molar-refractivity contribution in [2.45, 2.75) is 54.7 Å². The average molecular weight is 513 g/mol. The van der Waals surface area contributed by atoms with Gasteiger partial charge in [-0.1, -0.05) is 30.3 Å². The highest BCUT2D eigenvalue weighted by molar-refractivity contribution is 7.86. The number of hydrogen-bond acceptors (Lipinski definition) is 5. The van der Waals surface area contributed by atoms with Crippen LogP contribution in [0.1, 0.15) is 36.8 Å². The molecule has 2 aliphatic heterocycles. The minimum Gasteiger partial charge on any atom is -0.381 e. The quantitative estimate of drug-likeness (QED) is 0.401. The summed E-state index contributed by atoms with van der Waals surface area (Å²) < 4.78 is 18.1. The summed E-state index contributed by atoms with van der Waals surface area (Å²) in [6.07, 6.45) is 8.58.